The van der Waals surface area contributed by atoms with Gasteiger partial charge in [-0.25, -0.2) is 0 Å². The number of nitrogens with zero attached hydrogens (tertiary/aromatic N) is 3. The molecule has 0 saturated heterocycles. The van der Waals surface area contributed by atoms with Crippen molar-refractivity contribution in [3.63, 3.8) is 0 Å². The molecule has 8 nitrogen and oxygen atoms in total. The van der Waals surface area contributed by atoms with Gasteiger partial charge in [0.15, 0.2) is 5.82 Å². The van der Waals surface area contributed by atoms with Crippen molar-refractivity contribution in [2.45, 2.75) is 20.5 Å². The predicted molar refractivity (Wildman–Crippen MR) is 59.1 cm³/mol. The fourth-order valence-electron chi connectivity index (χ4n) is 1.04. The molecule has 1 aromatic rings. The molecule has 2 amide bonds. The topological polar surface area (TPSA) is 106 Å². The maximum Gasteiger partial charge on any atom is 0.234 e. The number of rotatable bonds is 4. The van der Waals surface area contributed by atoms with Gasteiger partial charge in [0.05, 0.1) is 0 Å². The largest absolute Gasteiger partial charge is 0.377 e. The second-order valence-corrected chi connectivity index (χ2v) is 3.19. The summed E-state index contributed by atoms with van der Waals surface area (Å²) in [5, 5.41) is 4.82. The van der Waals surface area contributed by atoms with Crippen LogP contribution in [0.5, 0.6) is 0 Å². The number of amides is 2. The van der Waals surface area contributed by atoms with Crippen LogP contribution in [0.3, 0.4) is 0 Å². The molecule has 92 valence electrons. The summed E-state index contributed by atoms with van der Waals surface area (Å²) in [7, 11) is 1.49. The molecule has 2 N–H and O–H groups in total. The molecular formula is C9H13N5O3. The Morgan fingerprint density at radius 1 is 1.06 bits per heavy atom. The average molecular weight is 239 g/mol. The first kappa shape index (κ1) is 13.0. The summed E-state index contributed by atoms with van der Waals surface area (Å²) >= 11 is 0. The van der Waals surface area contributed by atoms with Crippen LogP contribution < -0.4 is 10.6 Å². The molecule has 0 saturated carbocycles. The molecule has 8 heteroatoms. The van der Waals surface area contributed by atoms with Crippen molar-refractivity contribution in [3.05, 3.63) is 5.82 Å². The van der Waals surface area contributed by atoms with Gasteiger partial charge in [-0.2, -0.15) is 15.0 Å². The van der Waals surface area contributed by atoms with Crippen LogP contribution in [0.1, 0.15) is 19.7 Å². The van der Waals surface area contributed by atoms with E-state index in [0.717, 1.165) is 0 Å². The highest BCUT2D eigenvalue weighted by Gasteiger charge is 2.08. The van der Waals surface area contributed by atoms with Crippen LogP contribution in [-0.4, -0.2) is 33.9 Å². The Balaban J connectivity index is 2.99. The Labute approximate surface area is 97.8 Å². The Morgan fingerprint density at radius 2 is 1.53 bits per heavy atom. The van der Waals surface area contributed by atoms with E-state index in [9.17, 15) is 9.59 Å². The molecule has 0 aliphatic heterocycles. The maximum atomic E-state index is 10.9. The third kappa shape index (κ3) is 4.51. The molecule has 0 unspecified atom stereocenters. The first-order valence-electron chi connectivity index (χ1n) is 4.80. The fraction of sp³-hybridized carbons (Fsp3) is 0.444. The van der Waals surface area contributed by atoms with Gasteiger partial charge in [0.1, 0.15) is 6.61 Å². The number of carbonyl (C=O) groups excluding carboxylic acids is 2. The maximum absolute atomic E-state index is 10.9. The average Bonchev–Trinajstić information content (AvgIpc) is 2.14. The highest BCUT2D eigenvalue weighted by atomic mass is 16.5. The third-order valence-electron chi connectivity index (χ3n) is 1.53. The molecule has 1 rings (SSSR count). The summed E-state index contributed by atoms with van der Waals surface area (Å²) in [4.78, 5) is 33.5. The number of hydrogen-bond donors (Lipinski definition) is 2. The molecule has 0 fully saturated rings. The molecule has 0 aliphatic rings. The lowest BCUT2D eigenvalue weighted by atomic mass is 10.6. The van der Waals surface area contributed by atoms with E-state index in [0.29, 0.717) is 5.82 Å². The van der Waals surface area contributed by atoms with Gasteiger partial charge in [0.2, 0.25) is 23.7 Å². The highest BCUT2D eigenvalue weighted by Crippen LogP contribution is 2.06. The Morgan fingerprint density at radius 3 is 1.88 bits per heavy atom. The molecule has 0 aromatic carbocycles. The van der Waals surface area contributed by atoms with Crippen molar-refractivity contribution < 1.29 is 14.3 Å². The lowest BCUT2D eigenvalue weighted by Gasteiger charge is -2.06. The smallest absolute Gasteiger partial charge is 0.234 e. The number of hydrogen-bond acceptors (Lipinski definition) is 6. The molecule has 0 aliphatic carbocycles. The van der Waals surface area contributed by atoms with Crippen LogP contribution in [-0.2, 0) is 20.9 Å². The van der Waals surface area contributed by atoms with E-state index < -0.39 is 0 Å². The minimum atomic E-state index is -0.312. The number of carbonyl (C=O) groups is 2. The van der Waals surface area contributed by atoms with E-state index in [4.69, 9.17) is 4.74 Å². The molecule has 1 heterocycles. The normalized spacial score (nSPS) is 9.82. The first-order chi connectivity index (χ1) is 8.01. The Kier molecular flexibility index (Phi) is 4.46. The van der Waals surface area contributed by atoms with Crippen molar-refractivity contribution >= 4 is 23.7 Å². The molecule has 1 aromatic heterocycles. The summed E-state index contributed by atoms with van der Waals surface area (Å²) < 4.78 is 4.87. The standard InChI is InChI=1S/C9H13N5O3/c1-5(15)10-8-12-7(4-17-3)13-9(14-8)11-6(2)16/h4H2,1-3H3,(H2,10,11,12,13,14,15,16). The fourth-order valence-corrected chi connectivity index (χ4v) is 1.04. The number of nitrogens with one attached hydrogen (secondary N) is 2. The van der Waals surface area contributed by atoms with E-state index in [1.54, 1.807) is 0 Å². The zero-order chi connectivity index (χ0) is 12.8. The second-order valence-electron chi connectivity index (χ2n) is 3.19. The van der Waals surface area contributed by atoms with Gasteiger partial charge in [0, 0.05) is 21.0 Å². The van der Waals surface area contributed by atoms with Gasteiger partial charge in [-0.05, 0) is 0 Å². The van der Waals surface area contributed by atoms with E-state index in [2.05, 4.69) is 25.6 Å². The number of anilines is 2. The van der Waals surface area contributed by atoms with Crippen molar-refractivity contribution in [2.24, 2.45) is 0 Å². The van der Waals surface area contributed by atoms with Crippen molar-refractivity contribution in [2.75, 3.05) is 17.7 Å². The van der Waals surface area contributed by atoms with Crippen LogP contribution in [0.2, 0.25) is 0 Å². The molecule has 0 radical (unpaired) electrons. The lowest BCUT2D eigenvalue weighted by Crippen LogP contribution is -2.16. The molecule has 17 heavy (non-hydrogen) atoms. The van der Waals surface area contributed by atoms with Crippen molar-refractivity contribution in [3.8, 4) is 0 Å². The predicted octanol–water partition coefficient (Wildman–Crippen LogP) is -0.0652. The van der Waals surface area contributed by atoms with Crippen molar-refractivity contribution in [1.29, 1.82) is 0 Å². The van der Waals surface area contributed by atoms with Gasteiger partial charge < -0.3 is 4.74 Å². The zero-order valence-corrected chi connectivity index (χ0v) is 9.77. The van der Waals surface area contributed by atoms with Gasteiger partial charge in [-0.15, -0.1) is 0 Å². The van der Waals surface area contributed by atoms with E-state index >= 15 is 0 Å². The molecule has 0 atom stereocenters. The summed E-state index contributed by atoms with van der Waals surface area (Å²) in [5.41, 5.74) is 0. The van der Waals surface area contributed by atoms with Crippen LogP contribution in [0.4, 0.5) is 11.9 Å². The van der Waals surface area contributed by atoms with E-state index in [-0.39, 0.29) is 30.3 Å². The second kappa shape index (κ2) is 5.85. The molecule has 0 bridgehead atoms. The third-order valence-corrected chi connectivity index (χ3v) is 1.53. The summed E-state index contributed by atoms with van der Waals surface area (Å²) in [6.07, 6.45) is 0. The number of ether oxygens (including phenoxy) is 1. The quantitative estimate of drug-likeness (QED) is 0.762. The van der Waals surface area contributed by atoms with Crippen LogP contribution in [0.25, 0.3) is 0 Å². The zero-order valence-electron chi connectivity index (χ0n) is 9.77. The van der Waals surface area contributed by atoms with Crippen LogP contribution in [0, 0.1) is 0 Å². The van der Waals surface area contributed by atoms with Gasteiger partial charge in [-0.3, -0.25) is 20.2 Å². The SMILES string of the molecule is COCc1nc(NC(C)=O)nc(NC(C)=O)n1. The van der Waals surface area contributed by atoms with Gasteiger partial charge in [-0.1, -0.05) is 0 Å². The number of aromatic nitrogens is 3. The Hall–Kier alpha value is -2.09. The molecular weight excluding hydrogens is 226 g/mol. The van der Waals surface area contributed by atoms with Gasteiger partial charge in [0.25, 0.3) is 0 Å². The summed E-state index contributed by atoms with van der Waals surface area (Å²) in [6.45, 7) is 2.82. The van der Waals surface area contributed by atoms with Crippen LogP contribution in [0.15, 0.2) is 0 Å². The van der Waals surface area contributed by atoms with Crippen LogP contribution >= 0.6 is 0 Å². The minimum absolute atomic E-state index is 0.0725. The summed E-state index contributed by atoms with van der Waals surface area (Å²) in [6, 6.07) is 0. The minimum Gasteiger partial charge on any atom is -0.377 e. The van der Waals surface area contributed by atoms with E-state index in [1.807, 2.05) is 0 Å². The van der Waals surface area contributed by atoms with E-state index in [1.165, 1.54) is 21.0 Å². The first-order valence-corrected chi connectivity index (χ1v) is 4.80. The summed E-state index contributed by atoms with van der Waals surface area (Å²) in [5.74, 6) is -0.164. The monoisotopic (exact) mass is 239 g/mol. The molecule has 0 spiro atoms. The Bertz CT molecular complexity index is 400. The highest BCUT2D eigenvalue weighted by molar-refractivity contribution is 5.88. The van der Waals surface area contributed by atoms with Crippen molar-refractivity contribution in [1.82, 2.24) is 15.0 Å². The lowest BCUT2D eigenvalue weighted by molar-refractivity contribution is -0.115. The van der Waals surface area contributed by atoms with Gasteiger partial charge >= 0.3 is 0 Å². The number of methoxy groups -OCH3 is 1.